The SMILES string of the molecule is CCCCc1ccc(C(N)C2C3CCCCC32)cc1. The highest BCUT2D eigenvalue weighted by atomic mass is 14.7. The van der Waals surface area contributed by atoms with Crippen molar-refractivity contribution >= 4 is 0 Å². The first kappa shape index (κ1) is 13.2. The van der Waals surface area contributed by atoms with E-state index in [0.717, 1.165) is 17.8 Å². The van der Waals surface area contributed by atoms with E-state index in [2.05, 4.69) is 31.2 Å². The number of nitrogens with two attached hydrogens (primary N) is 1. The molecule has 0 radical (unpaired) electrons. The van der Waals surface area contributed by atoms with Crippen LogP contribution in [0.15, 0.2) is 24.3 Å². The maximum absolute atomic E-state index is 6.51. The summed E-state index contributed by atoms with van der Waals surface area (Å²) in [7, 11) is 0. The minimum atomic E-state index is 0.285. The lowest BCUT2D eigenvalue weighted by molar-refractivity contribution is 0.480. The van der Waals surface area contributed by atoms with Crippen molar-refractivity contribution < 1.29 is 0 Å². The van der Waals surface area contributed by atoms with Gasteiger partial charge < -0.3 is 5.73 Å². The maximum Gasteiger partial charge on any atom is 0.0329 e. The molecule has 3 rings (SSSR count). The van der Waals surface area contributed by atoms with Crippen molar-refractivity contribution in [3.63, 3.8) is 0 Å². The first-order valence-electron chi connectivity index (χ1n) is 8.15. The molecule has 0 heterocycles. The molecule has 1 heteroatoms. The topological polar surface area (TPSA) is 26.0 Å². The Morgan fingerprint density at radius 2 is 1.74 bits per heavy atom. The predicted octanol–water partition coefficient (Wildman–Crippen LogP) is 4.47. The van der Waals surface area contributed by atoms with Crippen molar-refractivity contribution in [1.82, 2.24) is 0 Å². The fraction of sp³-hybridized carbons (Fsp3) is 0.667. The van der Waals surface area contributed by atoms with Crippen LogP contribution in [-0.2, 0) is 6.42 Å². The number of fused-ring (bicyclic) bond motifs is 1. The van der Waals surface area contributed by atoms with E-state index in [1.54, 1.807) is 0 Å². The van der Waals surface area contributed by atoms with Crippen LogP contribution < -0.4 is 5.73 Å². The smallest absolute Gasteiger partial charge is 0.0329 e. The second kappa shape index (κ2) is 5.66. The molecule has 2 N–H and O–H groups in total. The minimum absolute atomic E-state index is 0.285. The first-order chi connectivity index (χ1) is 9.31. The van der Waals surface area contributed by atoms with Crippen LogP contribution in [0.5, 0.6) is 0 Å². The summed E-state index contributed by atoms with van der Waals surface area (Å²) >= 11 is 0. The minimum Gasteiger partial charge on any atom is -0.324 e. The molecule has 0 saturated heterocycles. The Balaban J connectivity index is 1.62. The molecule has 3 atom stereocenters. The molecule has 2 fully saturated rings. The van der Waals surface area contributed by atoms with Gasteiger partial charge in [-0.2, -0.15) is 0 Å². The van der Waals surface area contributed by atoms with Gasteiger partial charge in [-0.1, -0.05) is 50.5 Å². The Kier molecular flexibility index (Phi) is 3.93. The number of rotatable bonds is 5. The van der Waals surface area contributed by atoms with Gasteiger partial charge in [0.1, 0.15) is 0 Å². The Hall–Kier alpha value is -0.820. The fourth-order valence-electron chi connectivity index (χ4n) is 4.09. The molecule has 0 spiro atoms. The van der Waals surface area contributed by atoms with Gasteiger partial charge in [0, 0.05) is 6.04 Å². The second-order valence-corrected chi connectivity index (χ2v) is 6.56. The zero-order valence-corrected chi connectivity index (χ0v) is 12.1. The lowest BCUT2D eigenvalue weighted by atomic mass is 9.98. The van der Waals surface area contributed by atoms with E-state index in [1.807, 2.05) is 0 Å². The molecule has 0 bridgehead atoms. The van der Waals surface area contributed by atoms with Crippen molar-refractivity contribution in [2.24, 2.45) is 23.5 Å². The molecule has 2 saturated carbocycles. The van der Waals surface area contributed by atoms with Gasteiger partial charge in [-0.3, -0.25) is 0 Å². The summed E-state index contributed by atoms with van der Waals surface area (Å²) in [6.45, 7) is 2.25. The monoisotopic (exact) mass is 257 g/mol. The molecule has 2 aliphatic carbocycles. The third kappa shape index (κ3) is 2.72. The molecule has 1 nitrogen and oxygen atoms in total. The van der Waals surface area contributed by atoms with Crippen molar-refractivity contribution in [3.8, 4) is 0 Å². The zero-order chi connectivity index (χ0) is 13.2. The van der Waals surface area contributed by atoms with Gasteiger partial charge >= 0.3 is 0 Å². The second-order valence-electron chi connectivity index (χ2n) is 6.56. The first-order valence-corrected chi connectivity index (χ1v) is 8.15. The summed E-state index contributed by atoms with van der Waals surface area (Å²) in [4.78, 5) is 0. The van der Waals surface area contributed by atoms with Crippen LogP contribution in [0.4, 0.5) is 0 Å². The quantitative estimate of drug-likeness (QED) is 0.827. The van der Waals surface area contributed by atoms with E-state index in [4.69, 9.17) is 5.73 Å². The number of unbranched alkanes of at least 4 members (excludes halogenated alkanes) is 1. The molecule has 19 heavy (non-hydrogen) atoms. The molecular weight excluding hydrogens is 230 g/mol. The molecule has 0 aromatic heterocycles. The fourth-order valence-corrected chi connectivity index (χ4v) is 4.09. The molecule has 0 aliphatic heterocycles. The highest BCUT2D eigenvalue weighted by Gasteiger charge is 2.53. The maximum atomic E-state index is 6.51. The highest BCUT2D eigenvalue weighted by molar-refractivity contribution is 5.27. The summed E-state index contributed by atoms with van der Waals surface area (Å²) < 4.78 is 0. The van der Waals surface area contributed by atoms with E-state index in [0.29, 0.717) is 0 Å². The standard InChI is InChI=1S/C18H27N/c1-2-3-6-13-9-11-14(12-10-13)18(19)17-15-7-4-5-8-16(15)17/h9-12,15-18H,2-8,19H2,1H3. The Morgan fingerprint density at radius 1 is 1.11 bits per heavy atom. The Bertz CT molecular complexity index is 396. The predicted molar refractivity (Wildman–Crippen MR) is 80.9 cm³/mol. The number of hydrogen-bond donors (Lipinski definition) is 1. The van der Waals surface area contributed by atoms with Crippen LogP contribution in [0.3, 0.4) is 0 Å². The highest BCUT2D eigenvalue weighted by Crippen LogP contribution is 2.59. The molecule has 1 aromatic rings. The summed E-state index contributed by atoms with van der Waals surface area (Å²) in [5.41, 5.74) is 9.33. The molecule has 2 aliphatic rings. The van der Waals surface area contributed by atoms with E-state index in [-0.39, 0.29) is 6.04 Å². The normalized spacial score (nSPS) is 30.7. The van der Waals surface area contributed by atoms with Crippen LogP contribution in [-0.4, -0.2) is 0 Å². The zero-order valence-electron chi connectivity index (χ0n) is 12.1. The van der Waals surface area contributed by atoms with Crippen LogP contribution in [0.25, 0.3) is 0 Å². The summed E-state index contributed by atoms with van der Waals surface area (Å²) in [6.07, 6.45) is 9.49. The number of hydrogen-bond acceptors (Lipinski definition) is 1. The van der Waals surface area contributed by atoms with Gasteiger partial charge in [-0.15, -0.1) is 0 Å². The van der Waals surface area contributed by atoms with Gasteiger partial charge in [-0.25, -0.2) is 0 Å². The van der Waals surface area contributed by atoms with E-state index in [9.17, 15) is 0 Å². The van der Waals surface area contributed by atoms with Gasteiger partial charge in [0.15, 0.2) is 0 Å². The van der Waals surface area contributed by atoms with Gasteiger partial charge in [-0.05, 0) is 54.6 Å². The van der Waals surface area contributed by atoms with Crippen molar-refractivity contribution in [2.45, 2.75) is 57.9 Å². The van der Waals surface area contributed by atoms with Crippen LogP contribution in [0.2, 0.25) is 0 Å². The van der Waals surface area contributed by atoms with Crippen LogP contribution >= 0.6 is 0 Å². The van der Waals surface area contributed by atoms with Crippen LogP contribution in [0.1, 0.15) is 62.6 Å². The third-order valence-corrected chi connectivity index (χ3v) is 5.32. The molecule has 0 amide bonds. The largest absolute Gasteiger partial charge is 0.324 e. The average molecular weight is 257 g/mol. The van der Waals surface area contributed by atoms with Gasteiger partial charge in [0.05, 0.1) is 0 Å². The van der Waals surface area contributed by atoms with Crippen molar-refractivity contribution in [3.05, 3.63) is 35.4 Å². The van der Waals surface area contributed by atoms with E-state index in [1.165, 1.54) is 56.1 Å². The molecule has 3 unspecified atom stereocenters. The average Bonchev–Trinajstić information content (AvgIpc) is 3.19. The molecule has 104 valence electrons. The van der Waals surface area contributed by atoms with E-state index >= 15 is 0 Å². The van der Waals surface area contributed by atoms with Gasteiger partial charge in [0.2, 0.25) is 0 Å². The van der Waals surface area contributed by atoms with Gasteiger partial charge in [0.25, 0.3) is 0 Å². The lowest BCUT2D eigenvalue weighted by Gasteiger charge is -2.13. The summed E-state index contributed by atoms with van der Waals surface area (Å²) in [5.74, 6) is 2.68. The number of aryl methyl sites for hydroxylation is 1. The van der Waals surface area contributed by atoms with Crippen LogP contribution in [0, 0.1) is 17.8 Å². The molecule has 1 aromatic carbocycles. The Labute approximate surface area is 117 Å². The summed E-state index contributed by atoms with van der Waals surface area (Å²) in [6, 6.07) is 9.42. The number of benzene rings is 1. The van der Waals surface area contributed by atoms with Crippen molar-refractivity contribution in [1.29, 1.82) is 0 Å². The lowest BCUT2D eigenvalue weighted by Crippen LogP contribution is -2.14. The van der Waals surface area contributed by atoms with Crippen molar-refractivity contribution in [2.75, 3.05) is 0 Å². The third-order valence-electron chi connectivity index (χ3n) is 5.32. The van der Waals surface area contributed by atoms with E-state index < -0.39 is 0 Å². The summed E-state index contributed by atoms with van der Waals surface area (Å²) in [5, 5.41) is 0. The molecular formula is C18H27N. The Morgan fingerprint density at radius 3 is 2.32 bits per heavy atom.